The minimum atomic E-state index is 0.199. The van der Waals surface area contributed by atoms with Gasteiger partial charge in [-0.05, 0) is 62.6 Å². The highest BCUT2D eigenvalue weighted by Gasteiger charge is 2.23. The molecule has 1 aromatic carbocycles. The van der Waals surface area contributed by atoms with Gasteiger partial charge >= 0.3 is 0 Å². The zero-order valence-electron chi connectivity index (χ0n) is 22.0. The largest absolute Gasteiger partial charge is 0.340 e. The second-order valence-corrected chi connectivity index (χ2v) is 9.91. The van der Waals surface area contributed by atoms with Gasteiger partial charge in [-0.2, -0.15) is 9.61 Å². The molecule has 0 spiro atoms. The topological polar surface area (TPSA) is 97.3 Å². The SMILES string of the molecule is Cc1nn(-c2ccc3nnc(C)n3n2)c(C)c1CCC(=O)N1CCN(Cc2cccc3ncccc23)CC1. The van der Waals surface area contributed by atoms with Crippen molar-refractivity contribution in [2.45, 2.75) is 40.2 Å². The molecule has 0 unspecified atom stereocenters. The Bertz CT molecular complexity index is 1620. The summed E-state index contributed by atoms with van der Waals surface area (Å²) in [6.07, 6.45) is 2.97. The number of aromatic nitrogens is 7. The van der Waals surface area contributed by atoms with E-state index in [0.717, 1.165) is 61.0 Å². The van der Waals surface area contributed by atoms with E-state index in [1.807, 2.05) is 54.7 Å². The number of hydrogen-bond donors (Lipinski definition) is 0. The molecule has 10 heteroatoms. The van der Waals surface area contributed by atoms with Crippen molar-refractivity contribution in [2.24, 2.45) is 0 Å². The molecule has 6 rings (SSSR count). The summed E-state index contributed by atoms with van der Waals surface area (Å²) in [5, 5.41) is 18.8. The van der Waals surface area contributed by atoms with Crippen molar-refractivity contribution in [2.75, 3.05) is 26.2 Å². The summed E-state index contributed by atoms with van der Waals surface area (Å²) in [5.41, 5.74) is 6.04. The van der Waals surface area contributed by atoms with E-state index in [2.05, 4.69) is 49.4 Å². The van der Waals surface area contributed by atoms with Crippen LogP contribution in [0.3, 0.4) is 0 Å². The van der Waals surface area contributed by atoms with Gasteiger partial charge in [-0.25, -0.2) is 4.68 Å². The molecule has 1 aliphatic rings. The van der Waals surface area contributed by atoms with E-state index < -0.39 is 0 Å². The molecule has 1 saturated heterocycles. The summed E-state index contributed by atoms with van der Waals surface area (Å²) < 4.78 is 3.56. The van der Waals surface area contributed by atoms with Crippen molar-refractivity contribution in [1.29, 1.82) is 0 Å². The highest BCUT2D eigenvalue weighted by atomic mass is 16.2. The molecule has 38 heavy (non-hydrogen) atoms. The van der Waals surface area contributed by atoms with Crippen molar-refractivity contribution >= 4 is 22.5 Å². The van der Waals surface area contributed by atoms with E-state index in [1.165, 1.54) is 10.9 Å². The Morgan fingerprint density at radius 2 is 1.76 bits per heavy atom. The minimum Gasteiger partial charge on any atom is -0.340 e. The fraction of sp³-hybridized carbons (Fsp3) is 0.357. The molecule has 5 heterocycles. The summed E-state index contributed by atoms with van der Waals surface area (Å²) in [6, 6.07) is 14.2. The van der Waals surface area contributed by atoms with Gasteiger partial charge in [0.25, 0.3) is 0 Å². The first-order valence-corrected chi connectivity index (χ1v) is 13.1. The number of pyridine rings is 1. The van der Waals surface area contributed by atoms with Crippen LogP contribution in [0.5, 0.6) is 0 Å². The Morgan fingerprint density at radius 1 is 0.921 bits per heavy atom. The maximum atomic E-state index is 13.1. The predicted molar refractivity (Wildman–Crippen MR) is 144 cm³/mol. The second kappa shape index (κ2) is 9.94. The van der Waals surface area contributed by atoms with Gasteiger partial charge < -0.3 is 4.90 Å². The van der Waals surface area contributed by atoms with E-state index in [-0.39, 0.29) is 5.91 Å². The number of hydrogen-bond acceptors (Lipinski definition) is 7. The number of amides is 1. The van der Waals surface area contributed by atoms with Crippen LogP contribution in [0.4, 0.5) is 0 Å². The molecule has 10 nitrogen and oxygen atoms in total. The summed E-state index contributed by atoms with van der Waals surface area (Å²) in [6.45, 7) is 10.0. The molecule has 0 bridgehead atoms. The molecular weight excluding hydrogens is 478 g/mol. The van der Waals surface area contributed by atoms with Crippen LogP contribution >= 0.6 is 0 Å². The minimum absolute atomic E-state index is 0.199. The fourth-order valence-corrected chi connectivity index (χ4v) is 5.35. The molecule has 0 aliphatic carbocycles. The fourth-order valence-electron chi connectivity index (χ4n) is 5.35. The van der Waals surface area contributed by atoms with E-state index in [0.29, 0.717) is 24.3 Å². The van der Waals surface area contributed by atoms with Crippen LogP contribution in [0.2, 0.25) is 0 Å². The second-order valence-electron chi connectivity index (χ2n) is 9.91. The van der Waals surface area contributed by atoms with E-state index in [4.69, 9.17) is 5.10 Å². The molecule has 0 atom stereocenters. The Morgan fingerprint density at radius 3 is 2.61 bits per heavy atom. The van der Waals surface area contributed by atoms with Crippen molar-refractivity contribution in [1.82, 2.24) is 44.4 Å². The van der Waals surface area contributed by atoms with E-state index in [9.17, 15) is 4.79 Å². The number of carbonyl (C=O) groups excluding carboxylic acids is 1. The van der Waals surface area contributed by atoms with Crippen LogP contribution in [0.25, 0.3) is 22.4 Å². The molecule has 4 aromatic heterocycles. The van der Waals surface area contributed by atoms with Crippen molar-refractivity contribution in [3.8, 4) is 5.82 Å². The van der Waals surface area contributed by atoms with Gasteiger partial charge in [-0.1, -0.05) is 18.2 Å². The van der Waals surface area contributed by atoms with Gasteiger partial charge in [0.1, 0.15) is 0 Å². The number of fused-ring (bicyclic) bond motifs is 2. The van der Waals surface area contributed by atoms with Gasteiger partial charge in [0, 0.05) is 56.4 Å². The van der Waals surface area contributed by atoms with Crippen LogP contribution in [0.1, 0.15) is 34.8 Å². The average Bonchev–Trinajstić information content (AvgIpc) is 3.45. The number of rotatable bonds is 6. The Labute approximate surface area is 220 Å². The number of carbonyl (C=O) groups is 1. The summed E-state index contributed by atoms with van der Waals surface area (Å²) in [5.74, 6) is 1.63. The first-order valence-electron chi connectivity index (χ1n) is 13.1. The van der Waals surface area contributed by atoms with E-state index in [1.54, 1.807) is 4.52 Å². The number of piperazine rings is 1. The molecule has 1 fully saturated rings. The van der Waals surface area contributed by atoms with Gasteiger partial charge in [-0.15, -0.1) is 15.3 Å². The Hall–Kier alpha value is -4.18. The van der Waals surface area contributed by atoms with Gasteiger partial charge in [0.2, 0.25) is 5.91 Å². The smallest absolute Gasteiger partial charge is 0.222 e. The predicted octanol–water partition coefficient (Wildman–Crippen LogP) is 3.06. The van der Waals surface area contributed by atoms with Gasteiger partial charge in [0.15, 0.2) is 17.3 Å². The third-order valence-electron chi connectivity index (χ3n) is 7.51. The number of aryl methyl sites for hydroxylation is 2. The lowest BCUT2D eigenvalue weighted by Gasteiger charge is -2.35. The monoisotopic (exact) mass is 509 g/mol. The zero-order chi connectivity index (χ0) is 26.2. The standard InChI is InChI=1S/C28H31N9O/c1-19-23(20(2)36(32-19)27-11-10-26-31-30-21(3)37(26)33-27)9-12-28(38)35-16-14-34(15-17-35)18-22-6-4-8-25-24(22)7-5-13-29-25/h4-8,10-11,13H,9,12,14-18H2,1-3H3. The molecule has 0 N–H and O–H groups in total. The lowest BCUT2D eigenvalue weighted by molar-refractivity contribution is -0.133. The highest BCUT2D eigenvalue weighted by Crippen LogP contribution is 2.21. The van der Waals surface area contributed by atoms with Crippen LogP contribution in [-0.2, 0) is 17.8 Å². The third kappa shape index (κ3) is 4.51. The molecule has 1 aliphatic heterocycles. The molecule has 194 valence electrons. The lowest BCUT2D eigenvalue weighted by Crippen LogP contribution is -2.48. The van der Waals surface area contributed by atoms with Crippen molar-refractivity contribution in [3.63, 3.8) is 0 Å². The van der Waals surface area contributed by atoms with Crippen LogP contribution in [0.15, 0.2) is 48.7 Å². The maximum absolute atomic E-state index is 13.1. The maximum Gasteiger partial charge on any atom is 0.222 e. The Balaban J connectivity index is 1.07. The normalized spacial score (nSPS) is 14.6. The molecule has 5 aromatic rings. The zero-order valence-corrected chi connectivity index (χ0v) is 22.0. The average molecular weight is 510 g/mol. The summed E-state index contributed by atoms with van der Waals surface area (Å²) >= 11 is 0. The first kappa shape index (κ1) is 24.2. The number of nitrogens with zero attached hydrogens (tertiary/aromatic N) is 9. The van der Waals surface area contributed by atoms with Crippen LogP contribution in [0, 0.1) is 20.8 Å². The molecule has 1 amide bonds. The van der Waals surface area contributed by atoms with E-state index >= 15 is 0 Å². The molecule has 0 saturated carbocycles. The first-order chi connectivity index (χ1) is 18.5. The molecular formula is C28H31N9O. The summed E-state index contributed by atoms with van der Waals surface area (Å²) in [7, 11) is 0. The highest BCUT2D eigenvalue weighted by molar-refractivity contribution is 5.82. The quantitative estimate of drug-likeness (QED) is 0.347. The van der Waals surface area contributed by atoms with Gasteiger partial charge in [-0.3, -0.25) is 14.7 Å². The Kier molecular flexibility index (Phi) is 6.32. The third-order valence-corrected chi connectivity index (χ3v) is 7.51. The molecule has 0 radical (unpaired) electrons. The van der Waals surface area contributed by atoms with Crippen molar-refractivity contribution in [3.05, 3.63) is 77.0 Å². The summed E-state index contributed by atoms with van der Waals surface area (Å²) in [4.78, 5) is 22.0. The number of benzene rings is 1. The lowest BCUT2D eigenvalue weighted by atomic mass is 10.1. The van der Waals surface area contributed by atoms with Gasteiger partial charge in [0.05, 0.1) is 11.2 Å². The van der Waals surface area contributed by atoms with Crippen molar-refractivity contribution < 1.29 is 4.79 Å². The van der Waals surface area contributed by atoms with Crippen LogP contribution < -0.4 is 0 Å². The van der Waals surface area contributed by atoms with Crippen LogP contribution in [-0.4, -0.2) is 76.5 Å².